The first-order chi connectivity index (χ1) is 5.11. The number of aryl methyl sites for hydroxylation is 1. The Morgan fingerprint density at radius 2 is 2.08 bits per heavy atom. The van der Waals surface area contributed by atoms with Gasteiger partial charge in [0.05, 0.1) is 5.56 Å². The summed E-state index contributed by atoms with van der Waals surface area (Å²) >= 11 is 0. The highest BCUT2D eigenvalue weighted by Gasteiger charge is 2.06. The van der Waals surface area contributed by atoms with Gasteiger partial charge in [-0.1, -0.05) is 6.07 Å². The highest BCUT2D eigenvalue weighted by atomic mass is 35.5. The van der Waals surface area contributed by atoms with Gasteiger partial charge in [0.25, 0.3) is 0 Å². The molecule has 4 heteroatoms. The summed E-state index contributed by atoms with van der Waals surface area (Å²) in [6.07, 6.45) is 0. The highest BCUT2D eigenvalue weighted by molar-refractivity contribution is 5.89. The Balaban J connectivity index is 0.00000121. The van der Waals surface area contributed by atoms with E-state index in [1.54, 1.807) is 6.92 Å². The fourth-order valence-corrected chi connectivity index (χ4v) is 0.825. The third-order valence-electron chi connectivity index (χ3n) is 1.43. The molecule has 0 fully saturated rings. The van der Waals surface area contributed by atoms with Gasteiger partial charge in [0, 0.05) is 0 Å². The van der Waals surface area contributed by atoms with Crippen LogP contribution in [-0.4, -0.2) is 11.1 Å². The zero-order chi connectivity index (χ0) is 8.43. The Hall–Kier alpha value is -1.09. The number of carbonyl (C=O) groups is 1. The molecule has 0 spiro atoms. The lowest BCUT2D eigenvalue weighted by molar-refractivity contribution is 0.0695. The van der Waals surface area contributed by atoms with Crippen LogP contribution < -0.4 is 0 Å². The fourth-order valence-electron chi connectivity index (χ4n) is 0.825. The van der Waals surface area contributed by atoms with Crippen LogP contribution in [0.25, 0.3) is 0 Å². The lowest BCUT2D eigenvalue weighted by atomic mass is 10.1. The van der Waals surface area contributed by atoms with E-state index in [1.165, 1.54) is 12.1 Å². The van der Waals surface area contributed by atoms with E-state index < -0.39 is 11.8 Å². The van der Waals surface area contributed by atoms with Crippen molar-refractivity contribution < 1.29 is 14.3 Å². The van der Waals surface area contributed by atoms with Gasteiger partial charge in [0.1, 0.15) is 5.82 Å². The van der Waals surface area contributed by atoms with Crippen LogP contribution in [0.15, 0.2) is 18.2 Å². The van der Waals surface area contributed by atoms with Gasteiger partial charge in [-0.15, -0.1) is 12.4 Å². The van der Waals surface area contributed by atoms with Crippen LogP contribution in [0.3, 0.4) is 0 Å². The molecule has 0 bridgehead atoms. The predicted molar refractivity (Wildman–Crippen MR) is 45.3 cm³/mol. The van der Waals surface area contributed by atoms with Gasteiger partial charge < -0.3 is 5.11 Å². The second kappa shape index (κ2) is 4.07. The van der Waals surface area contributed by atoms with Gasteiger partial charge in [-0.05, 0) is 24.6 Å². The second-order valence-corrected chi connectivity index (χ2v) is 2.26. The van der Waals surface area contributed by atoms with Crippen LogP contribution in [0.4, 0.5) is 4.39 Å². The molecule has 0 saturated carbocycles. The first-order valence-corrected chi connectivity index (χ1v) is 3.10. The van der Waals surface area contributed by atoms with Crippen LogP contribution in [0, 0.1) is 12.7 Å². The maximum atomic E-state index is 12.4. The number of halogens is 2. The molecule has 1 rings (SSSR count). The highest BCUT2D eigenvalue weighted by Crippen LogP contribution is 2.09. The molecule has 0 heterocycles. The zero-order valence-electron chi connectivity index (χ0n) is 6.37. The quantitative estimate of drug-likeness (QED) is 0.738. The van der Waals surface area contributed by atoms with Crippen LogP contribution in [0.5, 0.6) is 0 Å². The summed E-state index contributed by atoms with van der Waals surface area (Å²) in [4.78, 5) is 10.4. The molecule has 0 amide bonds. The molecule has 0 aliphatic rings. The Kier molecular flexibility index (Phi) is 3.70. The van der Waals surface area contributed by atoms with Gasteiger partial charge in [0.15, 0.2) is 0 Å². The molecule has 2 nitrogen and oxygen atoms in total. The average molecular weight is 191 g/mol. The van der Waals surface area contributed by atoms with E-state index in [1.807, 2.05) is 0 Å². The fraction of sp³-hybridized carbons (Fsp3) is 0.125. The van der Waals surface area contributed by atoms with Gasteiger partial charge >= 0.3 is 5.97 Å². The standard InChI is InChI=1S/C8H7FO2.ClH/c1-5-2-3-6(9)4-7(5)8(10)11;/h2-4H,1H3,(H,10,11);1H. The summed E-state index contributed by atoms with van der Waals surface area (Å²) in [6, 6.07) is 3.69. The SMILES string of the molecule is Cc1ccc(F)cc1C(=O)O.Cl. The van der Waals surface area contributed by atoms with Crippen molar-refractivity contribution in [2.24, 2.45) is 0 Å². The van der Waals surface area contributed by atoms with Gasteiger partial charge in [-0.25, -0.2) is 9.18 Å². The number of hydrogen-bond acceptors (Lipinski definition) is 1. The molecular formula is C8H8ClFO2. The molecule has 66 valence electrons. The molecule has 1 N–H and O–H groups in total. The smallest absolute Gasteiger partial charge is 0.336 e. The van der Waals surface area contributed by atoms with Crippen LogP contribution >= 0.6 is 12.4 Å². The van der Waals surface area contributed by atoms with Gasteiger partial charge in [0.2, 0.25) is 0 Å². The van der Waals surface area contributed by atoms with E-state index in [2.05, 4.69) is 0 Å². The molecule has 0 radical (unpaired) electrons. The van der Waals surface area contributed by atoms with Crippen molar-refractivity contribution in [3.05, 3.63) is 35.1 Å². The van der Waals surface area contributed by atoms with Crippen molar-refractivity contribution in [1.82, 2.24) is 0 Å². The van der Waals surface area contributed by atoms with Crippen LogP contribution in [0.1, 0.15) is 15.9 Å². The number of rotatable bonds is 1. The first kappa shape index (κ1) is 10.9. The third-order valence-corrected chi connectivity index (χ3v) is 1.43. The Labute approximate surface area is 75.4 Å². The van der Waals surface area contributed by atoms with Crippen molar-refractivity contribution in [2.75, 3.05) is 0 Å². The van der Waals surface area contributed by atoms with Crippen molar-refractivity contribution in [3.63, 3.8) is 0 Å². The monoisotopic (exact) mass is 190 g/mol. The summed E-state index contributed by atoms with van der Waals surface area (Å²) < 4.78 is 12.4. The van der Waals surface area contributed by atoms with Crippen LogP contribution in [-0.2, 0) is 0 Å². The van der Waals surface area contributed by atoms with E-state index in [0.29, 0.717) is 5.56 Å². The van der Waals surface area contributed by atoms with Gasteiger partial charge in [-0.2, -0.15) is 0 Å². The molecule has 1 aromatic carbocycles. The molecule has 0 aliphatic heterocycles. The van der Waals surface area contributed by atoms with E-state index in [-0.39, 0.29) is 18.0 Å². The number of carboxylic acid groups (broad SMARTS) is 1. The average Bonchev–Trinajstić information content (AvgIpc) is 1.94. The predicted octanol–water partition coefficient (Wildman–Crippen LogP) is 2.25. The Morgan fingerprint density at radius 1 is 1.50 bits per heavy atom. The van der Waals surface area contributed by atoms with Crippen molar-refractivity contribution >= 4 is 18.4 Å². The number of carboxylic acids is 1. The Bertz CT molecular complexity index is 299. The summed E-state index contributed by atoms with van der Waals surface area (Å²) in [5, 5.41) is 8.52. The van der Waals surface area contributed by atoms with Crippen molar-refractivity contribution in [1.29, 1.82) is 0 Å². The van der Waals surface area contributed by atoms with Crippen molar-refractivity contribution in [3.8, 4) is 0 Å². The lowest BCUT2D eigenvalue weighted by Crippen LogP contribution is -1.99. The van der Waals surface area contributed by atoms with Gasteiger partial charge in [-0.3, -0.25) is 0 Å². The minimum Gasteiger partial charge on any atom is -0.478 e. The molecule has 0 aromatic heterocycles. The Morgan fingerprint density at radius 3 is 2.50 bits per heavy atom. The topological polar surface area (TPSA) is 37.3 Å². The summed E-state index contributed by atoms with van der Waals surface area (Å²) in [6.45, 7) is 1.63. The number of hydrogen-bond donors (Lipinski definition) is 1. The largest absolute Gasteiger partial charge is 0.478 e. The van der Waals surface area contributed by atoms with E-state index in [4.69, 9.17) is 5.11 Å². The summed E-state index contributed by atoms with van der Waals surface area (Å²) in [5.74, 6) is -1.62. The number of aromatic carboxylic acids is 1. The first-order valence-electron chi connectivity index (χ1n) is 3.10. The van der Waals surface area contributed by atoms with E-state index >= 15 is 0 Å². The molecular weight excluding hydrogens is 183 g/mol. The zero-order valence-corrected chi connectivity index (χ0v) is 7.19. The number of benzene rings is 1. The maximum Gasteiger partial charge on any atom is 0.336 e. The molecule has 0 atom stereocenters. The van der Waals surface area contributed by atoms with E-state index in [0.717, 1.165) is 6.07 Å². The minimum absolute atomic E-state index is 0. The molecule has 0 aliphatic carbocycles. The summed E-state index contributed by atoms with van der Waals surface area (Å²) in [7, 11) is 0. The van der Waals surface area contributed by atoms with E-state index in [9.17, 15) is 9.18 Å². The minimum atomic E-state index is -1.10. The molecule has 0 unspecified atom stereocenters. The molecule has 0 saturated heterocycles. The lowest BCUT2D eigenvalue weighted by Gasteiger charge is -1.98. The maximum absolute atomic E-state index is 12.4. The van der Waals surface area contributed by atoms with Crippen molar-refractivity contribution in [2.45, 2.75) is 6.92 Å². The normalized spacial score (nSPS) is 8.83. The van der Waals surface area contributed by atoms with Crippen LogP contribution in [0.2, 0.25) is 0 Å². The third kappa shape index (κ3) is 2.20. The molecule has 1 aromatic rings. The second-order valence-electron chi connectivity index (χ2n) is 2.26. The molecule has 12 heavy (non-hydrogen) atoms. The summed E-state index contributed by atoms with van der Waals surface area (Å²) in [5.41, 5.74) is 0.587.